The average Bonchev–Trinajstić information content (AvgIpc) is 2.94. The number of hydrogen-bond acceptors (Lipinski definition) is 6. The van der Waals surface area contributed by atoms with E-state index in [9.17, 15) is 4.79 Å². The number of carbonyl (C=O) groups is 1. The lowest BCUT2D eigenvalue weighted by molar-refractivity contribution is 0.0512. The molecule has 2 aromatic rings. The van der Waals surface area contributed by atoms with Crippen molar-refractivity contribution in [3.05, 3.63) is 16.3 Å². The standard InChI is InChI=1S/C17H23N3O2S/c1-4-20(5-2)15-13-11-9-7-8-10-12(11)23-16(13)19-14(18-15)17(21)22-6-3/h4-10H2,1-3H3. The zero-order valence-corrected chi connectivity index (χ0v) is 14.8. The number of thiophene rings is 1. The van der Waals surface area contributed by atoms with E-state index in [-0.39, 0.29) is 5.82 Å². The Bertz CT molecular complexity index is 722. The van der Waals surface area contributed by atoms with Crippen LogP contribution in [-0.2, 0) is 17.6 Å². The minimum Gasteiger partial charge on any atom is -0.460 e. The number of hydrogen-bond donors (Lipinski definition) is 0. The molecule has 0 atom stereocenters. The summed E-state index contributed by atoms with van der Waals surface area (Å²) in [5.74, 6) is 0.636. The molecule has 0 aromatic carbocycles. The maximum Gasteiger partial charge on any atom is 0.376 e. The van der Waals surface area contributed by atoms with Crippen LogP contribution in [0.2, 0.25) is 0 Å². The van der Waals surface area contributed by atoms with Crippen LogP contribution in [-0.4, -0.2) is 35.6 Å². The number of carbonyl (C=O) groups excluding carboxylic acids is 1. The van der Waals surface area contributed by atoms with Gasteiger partial charge in [-0.1, -0.05) is 0 Å². The third-order valence-corrected chi connectivity index (χ3v) is 5.50. The molecule has 0 saturated carbocycles. The van der Waals surface area contributed by atoms with Crippen LogP contribution in [0, 0.1) is 0 Å². The molecule has 1 aliphatic rings. The molecule has 0 saturated heterocycles. The molecular weight excluding hydrogens is 310 g/mol. The first-order valence-corrected chi connectivity index (χ1v) is 9.25. The lowest BCUT2D eigenvalue weighted by Gasteiger charge is -2.22. The number of aromatic nitrogens is 2. The highest BCUT2D eigenvalue weighted by Crippen LogP contribution is 2.39. The van der Waals surface area contributed by atoms with Gasteiger partial charge in [-0.2, -0.15) is 0 Å². The maximum absolute atomic E-state index is 12.1. The van der Waals surface area contributed by atoms with Gasteiger partial charge in [-0.05, 0) is 52.0 Å². The molecule has 6 heteroatoms. The van der Waals surface area contributed by atoms with E-state index in [4.69, 9.17) is 4.74 Å². The molecule has 0 unspecified atom stereocenters. The number of ether oxygens (including phenoxy) is 1. The largest absolute Gasteiger partial charge is 0.460 e. The Morgan fingerprint density at radius 3 is 2.61 bits per heavy atom. The minimum atomic E-state index is -0.436. The van der Waals surface area contributed by atoms with E-state index < -0.39 is 5.97 Å². The van der Waals surface area contributed by atoms with Gasteiger partial charge in [0.1, 0.15) is 10.6 Å². The Morgan fingerprint density at radius 2 is 1.91 bits per heavy atom. The summed E-state index contributed by atoms with van der Waals surface area (Å²) in [4.78, 5) is 25.8. The second kappa shape index (κ2) is 6.83. The van der Waals surface area contributed by atoms with Crippen molar-refractivity contribution in [3.63, 3.8) is 0 Å². The molecule has 23 heavy (non-hydrogen) atoms. The smallest absolute Gasteiger partial charge is 0.376 e. The third-order valence-electron chi connectivity index (χ3n) is 4.32. The van der Waals surface area contributed by atoms with Gasteiger partial charge in [0.05, 0.1) is 12.0 Å². The normalized spacial score (nSPS) is 13.9. The Hall–Kier alpha value is -1.69. The van der Waals surface area contributed by atoms with E-state index >= 15 is 0 Å². The lowest BCUT2D eigenvalue weighted by atomic mass is 9.97. The maximum atomic E-state index is 12.1. The van der Waals surface area contributed by atoms with E-state index in [0.29, 0.717) is 6.61 Å². The van der Waals surface area contributed by atoms with E-state index in [1.165, 1.54) is 23.3 Å². The predicted octanol–water partition coefficient (Wildman–Crippen LogP) is 3.59. The fourth-order valence-electron chi connectivity index (χ4n) is 3.18. The zero-order valence-electron chi connectivity index (χ0n) is 14.0. The molecule has 0 spiro atoms. The second-order valence-electron chi connectivity index (χ2n) is 5.65. The molecule has 0 aliphatic heterocycles. The number of esters is 1. The highest BCUT2D eigenvalue weighted by Gasteiger charge is 2.25. The molecule has 0 fully saturated rings. The summed E-state index contributed by atoms with van der Waals surface area (Å²) in [5, 5.41) is 1.15. The van der Waals surface area contributed by atoms with Crippen molar-refractivity contribution in [1.82, 2.24) is 9.97 Å². The zero-order chi connectivity index (χ0) is 16.4. The van der Waals surface area contributed by atoms with Gasteiger partial charge >= 0.3 is 5.97 Å². The molecule has 5 nitrogen and oxygen atoms in total. The highest BCUT2D eigenvalue weighted by molar-refractivity contribution is 7.19. The Morgan fingerprint density at radius 1 is 1.17 bits per heavy atom. The molecule has 1 aliphatic carbocycles. The van der Waals surface area contributed by atoms with Crippen LogP contribution in [0.25, 0.3) is 10.2 Å². The minimum absolute atomic E-state index is 0.180. The molecule has 3 rings (SSSR count). The van der Waals surface area contributed by atoms with Gasteiger partial charge in [0.25, 0.3) is 0 Å². The molecule has 0 radical (unpaired) electrons. The van der Waals surface area contributed by atoms with Crippen LogP contribution in [0.5, 0.6) is 0 Å². The van der Waals surface area contributed by atoms with Crippen LogP contribution >= 0.6 is 11.3 Å². The summed E-state index contributed by atoms with van der Waals surface area (Å²) >= 11 is 1.72. The second-order valence-corrected chi connectivity index (χ2v) is 6.74. The van der Waals surface area contributed by atoms with E-state index in [1.54, 1.807) is 18.3 Å². The average molecular weight is 333 g/mol. The van der Waals surface area contributed by atoms with Crippen molar-refractivity contribution in [1.29, 1.82) is 0 Å². The van der Waals surface area contributed by atoms with Gasteiger partial charge in [0.2, 0.25) is 5.82 Å². The monoisotopic (exact) mass is 333 g/mol. The van der Waals surface area contributed by atoms with Crippen molar-refractivity contribution >= 4 is 33.3 Å². The van der Waals surface area contributed by atoms with Crippen molar-refractivity contribution in [2.24, 2.45) is 0 Å². The van der Waals surface area contributed by atoms with Crippen molar-refractivity contribution in [2.45, 2.75) is 46.5 Å². The molecule has 0 bridgehead atoms. The first-order chi connectivity index (χ1) is 11.2. The predicted molar refractivity (Wildman–Crippen MR) is 93.6 cm³/mol. The number of aryl methyl sites for hydroxylation is 2. The molecule has 0 N–H and O–H groups in total. The summed E-state index contributed by atoms with van der Waals surface area (Å²) in [5.41, 5.74) is 1.40. The lowest BCUT2D eigenvalue weighted by Crippen LogP contribution is -2.25. The summed E-state index contributed by atoms with van der Waals surface area (Å²) in [6, 6.07) is 0. The fourth-order valence-corrected chi connectivity index (χ4v) is 4.43. The van der Waals surface area contributed by atoms with E-state index in [1.807, 2.05) is 0 Å². The quantitative estimate of drug-likeness (QED) is 0.783. The van der Waals surface area contributed by atoms with Gasteiger partial charge in [0.15, 0.2) is 0 Å². The molecule has 2 aromatic heterocycles. The summed E-state index contributed by atoms with van der Waals surface area (Å²) in [7, 11) is 0. The SMILES string of the molecule is CCOC(=O)c1nc(N(CC)CC)c2c3c(sc2n1)CCCC3. The van der Waals surface area contributed by atoms with Crippen molar-refractivity contribution in [2.75, 3.05) is 24.6 Å². The van der Waals surface area contributed by atoms with Gasteiger partial charge < -0.3 is 9.64 Å². The Balaban J connectivity index is 2.21. The Kier molecular flexibility index (Phi) is 4.80. The van der Waals surface area contributed by atoms with Gasteiger partial charge in [-0.15, -0.1) is 11.3 Å². The molecule has 0 amide bonds. The summed E-state index contributed by atoms with van der Waals surface area (Å²) < 4.78 is 5.10. The number of anilines is 1. The Labute approximate surface area is 140 Å². The first-order valence-electron chi connectivity index (χ1n) is 8.43. The van der Waals surface area contributed by atoms with Crippen LogP contribution < -0.4 is 4.90 Å². The van der Waals surface area contributed by atoms with Crippen LogP contribution in [0.15, 0.2) is 0 Å². The third kappa shape index (κ3) is 2.92. The van der Waals surface area contributed by atoms with Crippen LogP contribution in [0.3, 0.4) is 0 Å². The fraction of sp³-hybridized carbons (Fsp3) is 0.588. The molecular formula is C17H23N3O2S. The number of fused-ring (bicyclic) bond motifs is 3. The highest BCUT2D eigenvalue weighted by atomic mass is 32.1. The van der Waals surface area contributed by atoms with Crippen LogP contribution in [0.4, 0.5) is 5.82 Å². The van der Waals surface area contributed by atoms with Crippen molar-refractivity contribution < 1.29 is 9.53 Å². The van der Waals surface area contributed by atoms with Crippen LogP contribution in [0.1, 0.15) is 54.7 Å². The number of nitrogens with zero attached hydrogens (tertiary/aromatic N) is 3. The van der Waals surface area contributed by atoms with Crippen molar-refractivity contribution in [3.8, 4) is 0 Å². The number of rotatable bonds is 5. The summed E-state index contributed by atoms with van der Waals surface area (Å²) in [6.45, 7) is 8.07. The van der Waals surface area contributed by atoms with Gasteiger partial charge in [-0.25, -0.2) is 14.8 Å². The molecule has 124 valence electrons. The summed E-state index contributed by atoms with van der Waals surface area (Å²) in [6.07, 6.45) is 4.66. The molecule has 2 heterocycles. The topological polar surface area (TPSA) is 55.3 Å². The van der Waals surface area contributed by atoms with Gasteiger partial charge in [0, 0.05) is 18.0 Å². The van der Waals surface area contributed by atoms with Gasteiger partial charge in [-0.3, -0.25) is 0 Å². The van der Waals surface area contributed by atoms with E-state index in [0.717, 1.165) is 42.0 Å². The van der Waals surface area contributed by atoms with E-state index in [2.05, 4.69) is 28.7 Å². The first kappa shape index (κ1) is 16.2.